The van der Waals surface area contributed by atoms with Crippen LogP contribution in [0, 0.1) is 6.92 Å². The first-order chi connectivity index (χ1) is 7.69. The van der Waals surface area contributed by atoms with Crippen LogP contribution in [-0.4, -0.2) is 17.3 Å². The van der Waals surface area contributed by atoms with Crippen LogP contribution in [0.4, 0.5) is 0 Å². The first-order valence-electron chi connectivity index (χ1n) is 5.61. The van der Waals surface area contributed by atoms with E-state index in [9.17, 15) is 4.79 Å². The largest absolute Gasteiger partial charge is 0.349 e. The molecule has 2 nitrogen and oxygen atoms in total. The molecular formula is C13H18BrNO. The van der Waals surface area contributed by atoms with Gasteiger partial charge in [-0.3, -0.25) is 4.79 Å². The Balaban J connectivity index is 2.68. The number of carbonyl (C=O) groups is 1. The van der Waals surface area contributed by atoms with E-state index in [4.69, 9.17) is 0 Å². The lowest BCUT2D eigenvalue weighted by molar-refractivity contribution is 0.0934. The van der Waals surface area contributed by atoms with Crippen LogP contribution in [0.3, 0.4) is 0 Å². The first-order valence-corrected chi connectivity index (χ1v) is 6.73. The average molecular weight is 284 g/mol. The van der Waals surface area contributed by atoms with Gasteiger partial charge in [0.05, 0.1) is 0 Å². The summed E-state index contributed by atoms with van der Waals surface area (Å²) in [4.78, 5) is 12.0. The maximum atomic E-state index is 12.0. The summed E-state index contributed by atoms with van der Waals surface area (Å²) in [6.07, 6.45) is 1.93. The molecule has 0 aliphatic rings. The molecule has 16 heavy (non-hydrogen) atoms. The molecule has 1 rings (SSSR count). The van der Waals surface area contributed by atoms with Gasteiger partial charge in [-0.25, -0.2) is 0 Å². The van der Waals surface area contributed by atoms with Crippen molar-refractivity contribution in [3.8, 4) is 0 Å². The molecule has 0 saturated carbocycles. The van der Waals surface area contributed by atoms with E-state index in [0.29, 0.717) is 0 Å². The van der Waals surface area contributed by atoms with Gasteiger partial charge >= 0.3 is 0 Å². The summed E-state index contributed by atoms with van der Waals surface area (Å²) >= 11 is 3.40. The Hall–Kier alpha value is -0.830. The number of aryl methyl sites for hydroxylation is 1. The van der Waals surface area contributed by atoms with Crippen molar-refractivity contribution in [1.29, 1.82) is 0 Å². The van der Waals surface area contributed by atoms with Crippen molar-refractivity contribution in [3.05, 3.63) is 35.4 Å². The predicted octanol–water partition coefficient (Wildman–Crippen LogP) is 3.29. The number of alkyl halides is 1. The van der Waals surface area contributed by atoms with Crippen LogP contribution in [0.15, 0.2) is 24.3 Å². The number of benzene rings is 1. The lowest BCUT2D eigenvalue weighted by atomic mass is 10.1. The highest BCUT2D eigenvalue weighted by molar-refractivity contribution is 9.09. The minimum absolute atomic E-state index is 0.0332. The Bertz CT molecular complexity index is 352. The van der Waals surface area contributed by atoms with Gasteiger partial charge in [-0.05, 0) is 31.4 Å². The fraction of sp³-hybridized carbons (Fsp3) is 0.462. The minimum Gasteiger partial charge on any atom is -0.349 e. The molecule has 0 spiro atoms. The zero-order valence-corrected chi connectivity index (χ0v) is 11.4. The fourth-order valence-electron chi connectivity index (χ4n) is 1.60. The highest BCUT2D eigenvalue weighted by Gasteiger charge is 2.12. The quantitative estimate of drug-likeness (QED) is 0.826. The van der Waals surface area contributed by atoms with Crippen molar-refractivity contribution in [2.75, 3.05) is 5.33 Å². The molecule has 1 amide bonds. The summed E-state index contributed by atoms with van der Waals surface area (Å²) in [6.45, 7) is 4.05. The molecule has 0 radical (unpaired) electrons. The van der Waals surface area contributed by atoms with E-state index < -0.39 is 0 Å². The van der Waals surface area contributed by atoms with Crippen molar-refractivity contribution in [3.63, 3.8) is 0 Å². The maximum Gasteiger partial charge on any atom is 0.251 e. The van der Waals surface area contributed by atoms with Crippen LogP contribution in [-0.2, 0) is 0 Å². The van der Waals surface area contributed by atoms with Crippen LogP contribution >= 0.6 is 15.9 Å². The lowest BCUT2D eigenvalue weighted by Gasteiger charge is -2.16. The minimum atomic E-state index is 0.0332. The van der Waals surface area contributed by atoms with Crippen molar-refractivity contribution >= 4 is 21.8 Å². The molecule has 1 N–H and O–H groups in total. The summed E-state index contributed by atoms with van der Waals surface area (Å²) in [5.74, 6) is 0.0332. The number of nitrogens with one attached hydrogen (secondary N) is 1. The molecule has 0 bridgehead atoms. The molecule has 88 valence electrons. The zero-order valence-electron chi connectivity index (χ0n) is 9.79. The molecule has 1 aromatic carbocycles. The number of amides is 1. The summed E-state index contributed by atoms with van der Waals surface area (Å²) in [7, 11) is 0. The number of carbonyl (C=O) groups excluding carboxylic acids is 1. The predicted molar refractivity (Wildman–Crippen MR) is 71.1 cm³/mol. The van der Waals surface area contributed by atoms with E-state index in [1.54, 1.807) is 0 Å². The van der Waals surface area contributed by atoms with Gasteiger partial charge in [-0.2, -0.15) is 0 Å². The number of hydrogen-bond acceptors (Lipinski definition) is 1. The Kier molecular flexibility index (Phi) is 5.53. The number of hydrogen-bond donors (Lipinski definition) is 1. The lowest BCUT2D eigenvalue weighted by Crippen LogP contribution is -2.35. The van der Waals surface area contributed by atoms with Crippen molar-refractivity contribution in [1.82, 2.24) is 5.32 Å². The molecule has 3 heteroatoms. The Morgan fingerprint density at radius 3 is 2.69 bits per heavy atom. The third-order valence-corrected chi connectivity index (χ3v) is 3.13. The Morgan fingerprint density at radius 1 is 1.44 bits per heavy atom. The van der Waals surface area contributed by atoms with Crippen molar-refractivity contribution in [2.24, 2.45) is 0 Å². The summed E-state index contributed by atoms with van der Waals surface area (Å²) in [5.41, 5.74) is 1.80. The zero-order chi connectivity index (χ0) is 12.0. The van der Waals surface area contributed by atoms with Gasteiger partial charge in [0, 0.05) is 16.9 Å². The number of halogens is 1. The van der Waals surface area contributed by atoms with Crippen molar-refractivity contribution in [2.45, 2.75) is 32.7 Å². The third-order valence-electron chi connectivity index (χ3n) is 2.68. The number of rotatable bonds is 5. The normalized spacial score (nSPS) is 12.2. The molecule has 1 unspecified atom stereocenters. The fourth-order valence-corrected chi connectivity index (χ4v) is 2.15. The maximum absolute atomic E-state index is 12.0. The molecule has 1 atom stereocenters. The summed E-state index contributed by atoms with van der Waals surface area (Å²) in [5, 5.41) is 3.97. The Morgan fingerprint density at radius 2 is 2.12 bits per heavy atom. The van der Waals surface area contributed by atoms with Crippen LogP contribution in [0.2, 0.25) is 0 Å². The van der Waals surface area contributed by atoms with Crippen LogP contribution in [0.5, 0.6) is 0 Å². The smallest absolute Gasteiger partial charge is 0.251 e. The standard InChI is InChI=1S/C13H18BrNO/c1-3-11(8-9-14)15-13(16)12-7-5-4-6-10(12)2/h4-7,11H,3,8-9H2,1-2H3,(H,15,16). The summed E-state index contributed by atoms with van der Waals surface area (Å²) in [6, 6.07) is 7.92. The van der Waals surface area contributed by atoms with E-state index >= 15 is 0 Å². The van der Waals surface area contributed by atoms with Crippen LogP contribution in [0.25, 0.3) is 0 Å². The van der Waals surface area contributed by atoms with E-state index in [0.717, 1.165) is 29.3 Å². The molecular weight excluding hydrogens is 266 g/mol. The SMILES string of the molecule is CCC(CCBr)NC(=O)c1ccccc1C. The second-order valence-electron chi connectivity index (χ2n) is 3.87. The van der Waals surface area contributed by atoms with Gasteiger partial charge in [0.25, 0.3) is 5.91 Å². The third kappa shape index (κ3) is 3.63. The topological polar surface area (TPSA) is 29.1 Å². The van der Waals surface area contributed by atoms with Gasteiger partial charge in [0.2, 0.25) is 0 Å². The second-order valence-corrected chi connectivity index (χ2v) is 4.66. The molecule has 0 saturated heterocycles. The van der Waals surface area contributed by atoms with Gasteiger partial charge in [0.1, 0.15) is 0 Å². The second kappa shape index (κ2) is 6.69. The summed E-state index contributed by atoms with van der Waals surface area (Å²) < 4.78 is 0. The van der Waals surface area contributed by atoms with E-state index in [1.807, 2.05) is 31.2 Å². The molecule has 0 aromatic heterocycles. The van der Waals surface area contributed by atoms with Crippen molar-refractivity contribution < 1.29 is 4.79 Å². The molecule has 0 fully saturated rings. The highest BCUT2D eigenvalue weighted by Crippen LogP contribution is 2.08. The Labute approximate surface area is 106 Å². The monoisotopic (exact) mass is 283 g/mol. The molecule has 0 aliphatic heterocycles. The van der Waals surface area contributed by atoms with Gasteiger partial charge < -0.3 is 5.32 Å². The molecule has 0 aliphatic carbocycles. The van der Waals surface area contributed by atoms with E-state index in [2.05, 4.69) is 28.2 Å². The van der Waals surface area contributed by atoms with Gasteiger partial charge in [-0.15, -0.1) is 0 Å². The van der Waals surface area contributed by atoms with Crippen LogP contribution < -0.4 is 5.32 Å². The average Bonchev–Trinajstić information content (AvgIpc) is 2.28. The van der Waals surface area contributed by atoms with E-state index in [-0.39, 0.29) is 11.9 Å². The first kappa shape index (κ1) is 13.2. The van der Waals surface area contributed by atoms with Crippen LogP contribution in [0.1, 0.15) is 35.7 Å². The van der Waals surface area contributed by atoms with E-state index in [1.165, 1.54) is 0 Å². The highest BCUT2D eigenvalue weighted by atomic mass is 79.9. The molecule has 0 heterocycles. The molecule has 1 aromatic rings. The van der Waals surface area contributed by atoms with Gasteiger partial charge in [0.15, 0.2) is 0 Å². The van der Waals surface area contributed by atoms with Gasteiger partial charge in [-0.1, -0.05) is 41.1 Å².